The first-order valence-corrected chi connectivity index (χ1v) is 10.9. The van der Waals surface area contributed by atoms with Crippen LogP contribution in [-0.2, 0) is 4.79 Å². The largest absolute Gasteiger partial charge is 0.324 e. The smallest absolute Gasteiger partial charge is 0.257 e. The first-order chi connectivity index (χ1) is 14.9. The van der Waals surface area contributed by atoms with Gasteiger partial charge in [-0.25, -0.2) is 8.78 Å². The number of amides is 2. The molecule has 158 valence electrons. The standard InChI is InChI=1S/C23H17ClF2N2O2S/c24-19-4-2-1-3-18(19)22(30)28-20(21(29)27-17-11-9-16(26)10-12-17)13-31-23(28)14-5-7-15(25)8-6-14/h1-12,20,23H,13H2,(H,27,29). The molecular weight excluding hydrogens is 442 g/mol. The van der Waals surface area contributed by atoms with E-state index in [1.54, 1.807) is 36.4 Å². The van der Waals surface area contributed by atoms with E-state index < -0.39 is 29.0 Å². The molecule has 1 heterocycles. The Hall–Kier alpha value is -2.90. The summed E-state index contributed by atoms with van der Waals surface area (Å²) in [5.74, 6) is -1.26. The zero-order chi connectivity index (χ0) is 22.0. The van der Waals surface area contributed by atoms with Crippen LogP contribution < -0.4 is 5.32 Å². The summed E-state index contributed by atoms with van der Waals surface area (Å²) < 4.78 is 26.6. The molecule has 0 aliphatic carbocycles. The molecule has 2 amide bonds. The average Bonchev–Trinajstić information content (AvgIpc) is 3.21. The molecule has 1 N–H and O–H groups in total. The Morgan fingerprint density at radius 1 is 0.935 bits per heavy atom. The Labute approximate surface area is 187 Å². The van der Waals surface area contributed by atoms with Gasteiger partial charge >= 0.3 is 0 Å². The van der Waals surface area contributed by atoms with E-state index in [1.807, 2.05) is 0 Å². The highest BCUT2D eigenvalue weighted by atomic mass is 35.5. The van der Waals surface area contributed by atoms with E-state index in [0.29, 0.717) is 17.0 Å². The van der Waals surface area contributed by atoms with Crippen LogP contribution in [0.15, 0.2) is 72.8 Å². The molecular formula is C23H17ClF2N2O2S. The summed E-state index contributed by atoms with van der Waals surface area (Å²) in [6.45, 7) is 0. The summed E-state index contributed by atoms with van der Waals surface area (Å²) in [5.41, 5.74) is 1.40. The summed E-state index contributed by atoms with van der Waals surface area (Å²) >= 11 is 7.65. The van der Waals surface area contributed by atoms with Gasteiger partial charge in [-0.3, -0.25) is 9.59 Å². The highest BCUT2D eigenvalue weighted by molar-refractivity contribution is 7.99. The van der Waals surface area contributed by atoms with E-state index in [0.717, 1.165) is 0 Å². The van der Waals surface area contributed by atoms with Gasteiger partial charge in [0.05, 0.1) is 10.6 Å². The van der Waals surface area contributed by atoms with Crippen LogP contribution in [0.25, 0.3) is 0 Å². The van der Waals surface area contributed by atoms with E-state index in [1.165, 1.54) is 53.1 Å². The highest BCUT2D eigenvalue weighted by Gasteiger charge is 2.43. The van der Waals surface area contributed by atoms with Crippen LogP contribution in [0.2, 0.25) is 5.02 Å². The average molecular weight is 459 g/mol. The number of nitrogens with zero attached hydrogens (tertiary/aromatic N) is 1. The van der Waals surface area contributed by atoms with Crippen molar-refractivity contribution in [3.8, 4) is 0 Å². The molecule has 1 aliphatic rings. The van der Waals surface area contributed by atoms with Gasteiger partial charge in [-0.05, 0) is 54.1 Å². The minimum Gasteiger partial charge on any atom is -0.324 e. The normalized spacial score (nSPS) is 18.1. The maximum Gasteiger partial charge on any atom is 0.257 e. The lowest BCUT2D eigenvalue weighted by Gasteiger charge is -2.29. The third kappa shape index (κ3) is 4.57. The number of carbonyl (C=O) groups excluding carboxylic acids is 2. The van der Waals surface area contributed by atoms with Crippen molar-refractivity contribution >= 4 is 40.9 Å². The molecule has 2 atom stereocenters. The van der Waals surface area contributed by atoms with Crippen molar-refractivity contribution in [1.82, 2.24) is 4.90 Å². The number of thioether (sulfide) groups is 1. The number of halogens is 3. The number of anilines is 1. The lowest BCUT2D eigenvalue weighted by Crippen LogP contribution is -2.45. The molecule has 3 aromatic carbocycles. The second-order valence-electron chi connectivity index (χ2n) is 6.94. The van der Waals surface area contributed by atoms with Crippen LogP contribution in [0.4, 0.5) is 14.5 Å². The molecule has 1 fully saturated rings. The zero-order valence-electron chi connectivity index (χ0n) is 16.1. The van der Waals surface area contributed by atoms with Gasteiger partial charge in [0.2, 0.25) is 5.91 Å². The number of hydrogen-bond donors (Lipinski definition) is 1. The predicted molar refractivity (Wildman–Crippen MR) is 118 cm³/mol. The second-order valence-corrected chi connectivity index (χ2v) is 8.46. The molecule has 31 heavy (non-hydrogen) atoms. The molecule has 4 nitrogen and oxygen atoms in total. The van der Waals surface area contributed by atoms with E-state index in [9.17, 15) is 18.4 Å². The SMILES string of the molecule is O=C(Nc1ccc(F)cc1)C1CSC(c2ccc(F)cc2)N1C(=O)c1ccccc1Cl. The molecule has 3 aromatic rings. The van der Waals surface area contributed by atoms with Crippen LogP contribution >= 0.6 is 23.4 Å². The highest BCUT2D eigenvalue weighted by Crippen LogP contribution is 2.43. The summed E-state index contributed by atoms with van der Waals surface area (Å²) in [6, 6.07) is 17.0. The third-order valence-corrected chi connectivity index (χ3v) is 6.56. The van der Waals surface area contributed by atoms with Crippen LogP contribution in [-0.4, -0.2) is 28.5 Å². The number of rotatable bonds is 4. The van der Waals surface area contributed by atoms with E-state index in [4.69, 9.17) is 11.6 Å². The quantitative estimate of drug-likeness (QED) is 0.560. The molecule has 2 unspecified atom stereocenters. The van der Waals surface area contributed by atoms with Gasteiger partial charge in [-0.1, -0.05) is 35.9 Å². The van der Waals surface area contributed by atoms with Crippen molar-refractivity contribution in [3.63, 3.8) is 0 Å². The topological polar surface area (TPSA) is 49.4 Å². The Bertz CT molecular complexity index is 1110. The van der Waals surface area contributed by atoms with Gasteiger partial charge in [-0.2, -0.15) is 0 Å². The predicted octanol–water partition coefficient (Wildman–Crippen LogP) is 5.51. The fraction of sp³-hybridized carbons (Fsp3) is 0.130. The number of benzene rings is 3. The van der Waals surface area contributed by atoms with Crippen molar-refractivity contribution in [2.24, 2.45) is 0 Å². The fourth-order valence-corrected chi connectivity index (χ4v) is 5.02. The van der Waals surface area contributed by atoms with Crippen LogP contribution in [0, 0.1) is 11.6 Å². The number of nitrogens with one attached hydrogen (secondary N) is 1. The minimum absolute atomic E-state index is 0.276. The molecule has 0 saturated carbocycles. The Morgan fingerprint density at radius 3 is 2.19 bits per heavy atom. The van der Waals surface area contributed by atoms with Crippen molar-refractivity contribution in [2.45, 2.75) is 11.4 Å². The first-order valence-electron chi connectivity index (χ1n) is 9.45. The molecule has 8 heteroatoms. The van der Waals surface area contributed by atoms with E-state index in [2.05, 4.69) is 5.32 Å². The van der Waals surface area contributed by atoms with Gasteiger partial charge in [0.15, 0.2) is 0 Å². The van der Waals surface area contributed by atoms with Crippen LogP contribution in [0.1, 0.15) is 21.3 Å². The molecule has 1 saturated heterocycles. The lowest BCUT2D eigenvalue weighted by atomic mass is 10.1. The lowest BCUT2D eigenvalue weighted by molar-refractivity contribution is -0.119. The van der Waals surface area contributed by atoms with Gasteiger partial charge < -0.3 is 10.2 Å². The molecule has 4 rings (SSSR count). The minimum atomic E-state index is -0.797. The molecule has 0 bridgehead atoms. The van der Waals surface area contributed by atoms with Crippen molar-refractivity contribution < 1.29 is 18.4 Å². The third-order valence-electron chi connectivity index (χ3n) is 4.91. The number of hydrogen-bond acceptors (Lipinski definition) is 3. The summed E-state index contributed by atoms with van der Waals surface area (Å²) in [4.78, 5) is 28.0. The molecule has 0 spiro atoms. The van der Waals surface area contributed by atoms with Gasteiger partial charge in [0, 0.05) is 11.4 Å². The van der Waals surface area contributed by atoms with Crippen LogP contribution in [0.5, 0.6) is 0 Å². The zero-order valence-corrected chi connectivity index (χ0v) is 17.7. The summed E-state index contributed by atoms with van der Waals surface area (Å²) in [6.07, 6.45) is 0. The summed E-state index contributed by atoms with van der Waals surface area (Å²) in [7, 11) is 0. The van der Waals surface area contributed by atoms with E-state index in [-0.39, 0.29) is 16.4 Å². The first kappa shape index (κ1) is 21.3. The monoisotopic (exact) mass is 458 g/mol. The fourth-order valence-electron chi connectivity index (χ4n) is 3.37. The van der Waals surface area contributed by atoms with E-state index >= 15 is 0 Å². The Kier molecular flexibility index (Phi) is 6.25. The van der Waals surface area contributed by atoms with Crippen molar-refractivity contribution in [1.29, 1.82) is 0 Å². The number of carbonyl (C=O) groups is 2. The van der Waals surface area contributed by atoms with Gasteiger partial charge in [0.25, 0.3) is 5.91 Å². The summed E-state index contributed by atoms with van der Waals surface area (Å²) in [5, 5.41) is 2.52. The molecule has 0 radical (unpaired) electrons. The second kappa shape index (κ2) is 9.08. The van der Waals surface area contributed by atoms with Crippen molar-refractivity contribution in [3.05, 3.63) is 101 Å². The maximum atomic E-state index is 13.5. The maximum absolute atomic E-state index is 13.5. The molecule has 1 aliphatic heterocycles. The Morgan fingerprint density at radius 2 is 1.55 bits per heavy atom. The van der Waals surface area contributed by atoms with Crippen LogP contribution in [0.3, 0.4) is 0 Å². The molecule has 0 aromatic heterocycles. The van der Waals surface area contributed by atoms with Gasteiger partial charge in [-0.15, -0.1) is 11.8 Å². The Balaban J connectivity index is 1.67. The van der Waals surface area contributed by atoms with Crippen molar-refractivity contribution in [2.75, 3.05) is 11.1 Å². The van der Waals surface area contributed by atoms with Gasteiger partial charge in [0.1, 0.15) is 23.1 Å².